The van der Waals surface area contributed by atoms with E-state index < -0.39 is 11.9 Å². The largest absolute Gasteiger partial charge is 0.433 e. The summed E-state index contributed by atoms with van der Waals surface area (Å²) >= 11 is 0. The van der Waals surface area contributed by atoms with Crippen LogP contribution < -0.4 is 5.32 Å². The summed E-state index contributed by atoms with van der Waals surface area (Å²) in [5, 5.41) is 7.04. The molecule has 0 fully saturated rings. The first-order valence-electron chi connectivity index (χ1n) is 9.06. The summed E-state index contributed by atoms with van der Waals surface area (Å²) in [6, 6.07) is 2.16. The third kappa shape index (κ3) is 4.49. The van der Waals surface area contributed by atoms with Gasteiger partial charge in [0.25, 0.3) is 5.91 Å². The van der Waals surface area contributed by atoms with Gasteiger partial charge in [0.05, 0.1) is 12.2 Å². The van der Waals surface area contributed by atoms with E-state index in [1.807, 2.05) is 27.0 Å². The molecule has 2 N–H and O–H groups in total. The molecule has 0 bridgehead atoms. The summed E-state index contributed by atoms with van der Waals surface area (Å²) in [6.07, 6.45) is 0.667. The van der Waals surface area contributed by atoms with Crippen molar-refractivity contribution < 1.29 is 18.0 Å². The minimum Gasteiger partial charge on any atom is -0.354 e. The maximum absolute atomic E-state index is 12.7. The standard InChI is InChI=1S/C20H22F3N5O/c1-11-16(7-14-5-6-17(24-8-14)20(21,22)23)13(3)26-18(11)19(29)27-12(2)15-9-25-28(4)10-15/h5-6,8-10,12,26H,7H2,1-4H3,(H,27,29). The van der Waals surface area contributed by atoms with Crippen LogP contribution in [-0.2, 0) is 19.6 Å². The molecule has 3 aromatic heterocycles. The van der Waals surface area contributed by atoms with Crippen LogP contribution in [0.3, 0.4) is 0 Å². The number of hydrogen-bond acceptors (Lipinski definition) is 3. The first-order chi connectivity index (χ1) is 13.6. The molecular formula is C20H22F3N5O. The van der Waals surface area contributed by atoms with E-state index in [0.29, 0.717) is 17.7 Å². The highest BCUT2D eigenvalue weighted by molar-refractivity contribution is 5.94. The maximum Gasteiger partial charge on any atom is 0.433 e. The number of pyridine rings is 1. The molecule has 0 saturated heterocycles. The first-order valence-corrected chi connectivity index (χ1v) is 9.06. The number of hydrogen-bond donors (Lipinski definition) is 2. The number of amides is 1. The Morgan fingerprint density at radius 2 is 2.00 bits per heavy atom. The van der Waals surface area contributed by atoms with Crippen LogP contribution in [0.2, 0.25) is 0 Å². The van der Waals surface area contributed by atoms with Crippen molar-refractivity contribution in [2.75, 3.05) is 0 Å². The van der Waals surface area contributed by atoms with E-state index in [0.717, 1.165) is 28.5 Å². The number of aromatic nitrogens is 4. The molecule has 0 radical (unpaired) electrons. The Labute approximate surface area is 166 Å². The third-order valence-corrected chi connectivity index (χ3v) is 4.89. The van der Waals surface area contributed by atoms with Gasteiger partial charge in [-0.1, -0.05) is 6.07 Å². The van der Waals surface area contributed by atoms with Crippen LogP contribution in [0.25, 0.3) is 0 Å². The summed E-state index contributed by atoms with van der Waals surface area (Å²) < 4.78 is 39.7. The van der Waals surface area contributed by atoms with Crippen molar-refractivity contribution in [2.45, 2.75) is 39.4 Å². The zero-order valence-electron chi connectivity index (χ0n) is 16.6. The number of aromatic amines is 1. The molecule has 6 nitrogen and oxygen atoms in total. The van der Waals surface area contributed by atoms with Gasteiger partial charge < -0.3 is 10.3 Å². The second kappa shape index (κ2) is 7.73. The molecule has 9 heteroatoms. The number of alkyl halides is 3. The number of nitrogens with zero attached hydrogens (tertiary/aromatic N) is 3. The number of H-pyrrole nitrogens is 1. The van der Waals surface area contributed by atoms with Gasteiger partial charge in [0.2, 0.25) is 0 Å². The van der Waals surface area contributed by atoms with Crippen LogP contribution in [0, 0.1) is 13.8 Å². The van der Waals surface area contributed by atoms with Crippen molar-refractivity contribution in [1.29, 1.82) is 0 Å². The number of carbonyl (C=O) groups is 1. The van der Waals surface area contributed by atoms with E-state index in [4.69, 9.17) is 0 Å². The van der Waals surface area contributed by atoms with E-state index in [1.165, 1.54) is 12.3 Å². The predicted molar refractivity (Wildman–Crippen MR) is 101 cm³/mol. The van der Waals surface area contributed by atoms with E-state index >= 15 is 0 Å². The molecule has 3 rings (SSSR count). The molecule has 1 amide bonds. The predicted octanol–water partition coefficient (Wildman–Crippen LogP) is 3.86. The number of rotatable bonds is 5. The van der Waals surface area contributed by atoms with Gasteiger partial charge in [-0.05, 0) is 43.5 Å². The molecule has 0 aliphatic heterocycles. The third-order valence-electron chi connectivity index (χ3n) is 4.89. The summed E-state index contributed by atoms with van der Waals surface area (Å²) in [6.45, 7) is 5.52. The van der Waals surface area contributed by atoms with E-state index in [1.54, 1.807) is 17.9 Å². The molecule has 1 unspecified atom stereocenters. The van der Waals surface area contributed by atoms with E-state index in [-0.39, 0.29) is 11.9 Å². The molecule has 3 aromatic rings. The molecule has 0 aliphatic rings. The highest BCUT2D eigenvalue weighted by atomic mass is 19.4. The number of nitrogens with one attached hydrogen (secondary N) is 2. The minimum atomic E-state index is -4.46. The monoisotopic (exact) mass is 405 g/mol. The van der Waals surface area contributed by atoms with Gasteiger partial charge in [-0.15, -0.1) is 0 Å². The summed E-state index contributed by atoms with van der Waals surface area (Å²) in [5.41, 5.74) is 3.46. The van der Waals surface area contributed by atoms with E-state index in [9.17, 15) is 18.0 Å². The molecular weight excluding hydrogens is 383 g/mol. The number of halogens is 3. The van der Waals surface area contributed by atoms with Gasteiger partial charge >= 0.3 is 6.18 Å². The maximum atomic E-state index is 12.7. The lowest BCUT2D eigenvalue weighted by molar-refractivity contribution is -0.141. The van der Waals surface area contributed by atoms with Crippen LogP contribution in [0.5, 0.6) is 0 Å². The van der Waals surface area contributed by atoms with Crippen molar-refractivity contribution >= 4 is 5.91 Å². The Bertz CT molecular complexity index is 1020. The Balaban J connectivity index is 1.76. The fourth-order valence-corrected chi connectivity index (χ4v) is 3.20. The fourth-order valence-electron chi connectivity index (χ4n) is 3.20. The average Bonchev–Trinajstić information content (AvgIpc) is 3.20. The minimum absolute atomic E-state index is 0.221. The second-order valence-electron chi connectivity index (χ2n) is 7.10. The Kier molecular flexibility index (Phi) is 5.50. The van der Waals surface area contributed by atoms with Crippen LogP contribution >= 0.6 is 0 Å². The van der Waals surface area contributed by atoms with Crippen LogP contribution in [0.15, 0.2) is 30.7 Å². The lowest BCUT2D eigenvalue weighted by atomic mass is 10.0. The van der Waals surface area contributed by atoms with Gasteiger partial charge in [0.1, 0.15) is 11.4 Å². The lowest BCUT2D eigenvalue weighted by Gasteiger charge is -2.12. The average molecular weight is 405 g/mol. The van der Waals surface area contributed by atoms with Crippen LogP contribution in [-0.4, -0.2) is 25.7 Å². The Hall–Kier alpha value is -3.10. The number of carbonyl (C=O) groups excluding carboxylic acids is 1. The van der Waals surface area contributed by atoms with Gasteiger partial charge in [-0.2, -0.15) is 18.3 Å². The van der Waals surface area contributed by atoms with Crippen molar-refractivity contribution in [1.82, 2.24) is 25.1 Å². The second-order valence-corrected chi connectivity index (χ2v) is 7.10. The topological polar surface area (TPSA) is 75.6 Å². The highest BCUT2D eigenvalue weighted by Gasteiger charge is 2.32. The van der Waals surface area contributed by atoms with E-state index in [2.05, 4.69) is 20.4 Å². The molecule has 154 valence electrons. The molecule has 3 heterocycles. The molecule has 0 aromatic carbocycles. The van der Waals surface area contributed by atoms with Gasteiger partial charge in [-0.25, -0.2) is 0 Å². The molecule has 0 spiro atoms. The molecule has 1 atom stereocenters. The quantitative estimate of drug-likeness (QED) is 0.677. The normalized spacial score (nSPS) is 12.8. The molecule has 29 heavy (non-hydrogen) atoms. The van der Waals surface area contributed by atoms with Crippen LogP contribution in [0.1, 0.15) is 57.1 Å². The van der Waals surface area contributed by atoms with Gasteiger partial charge in [0.15, 0.2) is 0 Å². The van der Waals surface area contributed by atoms with Crippen molar-refractivity contribution in [3.63, 3.8) is 0 Å². The fraction of sp³-hybridized carbons (Fsp3) is 0.350. The summed E-state index contributed by atoms with van der Waals surface area (Å²) in [4.78, 5) is 19.3. The van der Waals surface area contributed by atoms with Gasteiger partial charge in [-0.3, -0.25) is 14.5 Å². The number of aryl methyl sites for hydroxylation is 2. The molecule has 0 saturated carbocycles. The summed E-state index contributed by atoms with van der Waals surface area (Å²) in [7, 11) is 1.80. The SMILES string of the molecule is Cc1[nH]c(C(=O)NC(C)c2cnn(C)c2)c(C)c1Cc1ccc(C(F)(F)F)nc1. The first kappa shape index (κ1) is 20.6. The van der Waals surface area contributed by atoms with Gasteiger partial charge in [0, 0.05) is 37.1 Å². The lowest BCUT2D eigenvalue weighted by Crippen LogP contribution is -2.27. The Morgan fingerprint density at radius 1 is 1.28 bits per heavy atom. The van der Waals surface area contributed by atoms with Crippen molar-refractivity contribution in [3.05, 3.63) is 70.1 Å². The zero-order chi connectivity index (χ0) is 21.3. The Morgan fingerprint density at radius 3 is 2.55 bits per heavy atom. The summed E-state index contributed by atoms with van der Waals surface area (Å²) in [5.74, 6) is -0.251. The van der Waals surface area contributed by atoms with Crippen LogP contribution in [0.4, 0.5) is 13.2 Å². The highest BCUT2D eigenvalue weighted by Crippen LogP contribution is 2.28. The smallest absolute Gasteiger partial charge is 0.354 e. The van der Waals surface area contributed by atoms with Crippen molar-refractivity contribution in [3.8, 4) is 0 Å². The molecule has 0 aliphatic carbocycles. The van der Waals surface area contributed by atoms with Crippen molar-refractivity contribution in [2.24, 2.45) is 7.05 Å². The zero-order valence-corrected chi connectivity index (χ0v) is 16.6.